The Bertz CT molecular complexity index is 723. The molecular formula is C22H31Cl2N3O2. The van der Waals surface area contributed by atoms with Crippen LogP contribution in [0, 0.1) is 6.92 Å². The molecule has 1 heterocycles. The van der Waals surface area contributed by atoms with E-state index in [-0.39, 0.29) is 36.8 Å². The van der Waals surface area contributed by atoms with E-state index >= 15 is 0 Å². The molecule has 5 nitrogen and oxygen atoms in total. The summed E-state index contributed by atoms with van der Waals surface area (Å²) in [5, 5.41) is 3.07. The van der Waals surface area contributed by atoms with Crippen LogP contribution in [0.5, 0.6) is 0 Å². The quantitative estimate of drug-likeness (QED) is 0.695. The van der Waals surface area contributed by atoms with Crippen molar-refractivity contribution in [1.82, 2.24) is 10.2 Å². The zero-order valence-corrected chi connectivity index (χ0v) is 18.4. The van der Waals surface area contributed by atoms with Gasteiger partial charge in [0, 0.05) is 19.6 Å². The third-order valence-corrected chi connectivity index (χ3v) is 5.05. The van der Waals surface area contributed by atoms with E-state index in [1.165, 1.54) is 11.1 Å². The van der Waals surface area contributed by atoms with Gasteiger partial charge in [-0.3, -0.25) is 9.69 Å². The van der Waals surface area contributed by atoms with Crippen molar-refractivity contribution in [3.63, 3.8) is 0 Å². The highest BCUT2D eigenvalue weighted by atomic mass is 35.5. The predicted molar refractivity (Wildman–Crippen MR) is 122 cm³/mol. The van der Waals surface area contributed by atoms with Gasteiger partial charge >= 0.3 is 0 Å². The molecule has 7 heteroatoms. The Morgan fingerprint density at radius 3 is 2.31 bits per heavy atom. The second-order valence-corrected chi connectivity index (χ2v) is 7.12. The average molecular weight is 440 g/mol. The number of benzene rings is 2. The zero-order valence-electron chi connectivity index (χ0n) is 16.8. The SMILES string of the molecule is Cc1ccc(C(CNC(=O)C(N)Cc2ccccc2)N2CCOCC2)cc1.Cl.Cl. The first-order valence-electron chi connectivity index (χ1n) is 9.59. The van der Waals surface area contributed by atoms with Crippen LogP contribution in [0.3, 0.4) is 0 Å². The number of hydrogen-bond acceptors (Lipinski definition) is 4. The van der Waals surface area contributed by atoms with Gasteiger partial charge in [-0.2, -0.15) is 0 Å². The highest BCUT2D eigenvalue weighted by Gasteiger charge is 2.24. The van der Waals surface area contributed by atoms with Gasteiger partial charge in [-0.25, -0.2) is 0 Å². The molecule has 2 aromatic rings. The number of nitrogens with one attached hydrogen (secondary N) is 1. The number of ether oxygens (including phenoxy) is 1. The fourth-order valence-electron chi connectivity index (χ4n) is 3.42. The Labute approximate surface area is 185 Å². The van der Waals surface area contributed by atoms with Gasteiger partial charge in [-0.05, 0) is 24.5 Å². The minimum absolute atomic E-state index is 0. The largest absolute Gasteiger partial charge is 0.379 e. The zero-order chi connectivity index (χ0) is 19.1. The summed E-state index contributed by atoms with van der Waals surface area (Å²) in [5.74, 6) is -0.107. The van der Waals surface area contributed by atoms with Gasteiger partial charge in [0.2, 0.25) is 5.91 Å². The minimum atomic E-state index is -0.546. The summed E-state index contributed by atoms with van der Waals surface area (Å²) in [6, 6.07) is 18.0. The molecule has 1 aliphatic rings. The maximum absolute atomic E-state index is 12.5. The summed E-state index contributed by atoms with van der Waals surface area (Å²) in [4.78, 5) is 14.9. The standard InChI is InChI=1S/C22H29N3O2.2ClH/c1-17-7-9-19(10-8-17)21(25-11-13-27-14-12-25)16-24-22(26)20(23)15-18-5-3-2-4-6-18;;/h2-10,20-21H,11-16,23H2,1H3,(H,24,26);2*1H. The van der Waals surface area contributed by atoms with E-state index in [4.69, 9.17) is 10.5 Å². The topological polar surface area (TPSA) is 67.6 Å². The smallest absolute Gasteiger partial charge is 0.237 e. The monoisotopic (exact) mass is 439 g/mol. The van der Waals surface area contributed by atoms with Gasteiger partial charge in [-0.15, -0.1) is 24.8 Å². The molecule has 0 aromatic heterocycles. The first-order chi connectivity index (χ1) is 13.1. The molecule has 1 aliphatic heterocycles. The molecule has 2 unspecified atom stereocenters. The van der Waals surface area contributed by atoms with Crippen LogP contribution >= 0.6 is 24.8 Å². The molecule has 29 heavy (non-hydrogen) atoms. The third kappa shape index (κ3) is 7.61. The highest BCUT2D eigenvalue weighted by molar-refractivity contribution is 5.85. The van der Waals surface area contributed by atoms with E-state index in [0.717, 1.165) is 31.9 Å². The summed E-state index contributed by atoms with van der Waals surface area (Å²) in [7, 11) is 0. The lowest BCUT2D eigenvalue weighted by Gasteiger charge is -2.35. The Morgan fingerprint density at radius 1 is 1.07 bits per heavy atom. The number of hydrogen-bond donors (Lipinski definition) is 2. The first kappa shape index (κ1) is 25.4. The van der Waals surface area contributed by atoms with Crippen molar-refractivity contribution in [3.8, 4) is 0 Å². The van der Waals surface area contributed by atoms with Crippen molar-refractivity contribution in [3.05, 3.63) is 71.3 Å². The van der Waals surface area contributed by atoms with Gasteiger partial charge in [0.1, 0.15) is 0 Å². The number of halogens is 2. The molecule has 0 bridgehead atoms. The van der Waals surface area contributed by atoms with Crippen molar-refractivity contribution in [2.45, 2.75) is 25.4 Å². The normalized spacial score (nSPS) is 16.1. The van der Waals surface area contributed by atoms with Gasteiger partial charge in [0.05, 0.1) is 25.3 Å². The number of aryl methyl sites for hydroxylation is 1. The lowest BCUT2D eigenvalue weighted by Crippen LogP contribution is -2.47. The summed E-state index contributed by atoms with van der Waals surface area (Å²) in [6.45, 7) is 5.81. The Hall–Kier alpha value is -1.63. The number of rotatable bonds is 7. The molecule has 0 aliphatic carbocycles. The molecule has 1 saturated heterocycles. The summed E-state index contributed by atoms with van der Waals surface area (Å²) in [6.07, 6.45) is 0.541. The van der Waals surface area contributed by atoms with E-state index in [1.807, 2.05) is 30.3 Å². The van der Waals surface area contributed by atoms with Gasteiger partial charge < -0.3 is 15.8 Å². The Balaban J connectivity index is 0.00000210. The van der Waals surface area contributed by atoms with E-state index < -0.39 is 6.04 Å². The van der Waals surface area contributed by atoms with E-state index in [9.17, 15) is 4.79 Å². The lowest BCUT2D eigenvalue weighted by molar-refractivity contribution is -0.122. The van der Waals surface area contributed by atoms with Crippen LogP contribution < -0.4 is 11.1 Å². The summed E-state index contributed by atoms with van der Waals surface area (Å²) in [5.41, 5.74) is 9.64. The fourth-order valence-corrected chi connectivity index (χ4v) is 3.42. The van der Waals surface area contributed by atoms with Crippen LogP contribution in [-0.4, -0.2) is 49.7 Å². The van der Waals surface area contributed by atoms with Crippen molar-refractivity contribution in [1.29, 1.82) is 0 Å². The first-order valence-corrected chi connectivity index (χ1v) is 9.59. The Kier molecular flexibility index (Phi) is 11.2. The molecule has 0 saturated carbocycles. The third-order valence-electron chi connectivity index (χ3n) is 5.05. The average Bonchev–Trinajstić information content (AvgIpc) is 2.71. The number of carbonyl (C=O) groups is 1. The molecule has 2 aromatic carbocycles. The van der Waals surface area contributed by atoms with Gasteiger partial charge in [-0.1, -0.05) is 60.2 Å². The van der Waals surface area contributed by atoms with E-state index in [1.54, 1.807) is 0 Å². The number of morpholine rings is 1. The molecule has 0 spiro atoms. The van der Waals surface area contributed by atoms with E-state index in [2.05, 4.69) is 41.4 Å². The summed E-state index contributed by atoms with van der Waals surface area (Å²) < 4.78 is 5.49. The molecule has 1 amide bonds. The Morgan fingerprint density at radius 2 is 1.69 bits per heavy atom. The fraction of sp³-hybridized carbons (Fsp3) is 0.409. The maximum Gasteiger partial charge on any atom is 0.237 e. The van der Waals surface area contributed by atoms with Crippen LogP contribution in [-0.2, 0) is 16.0 Å². The second-order valence-electron chi connectivity index (χ2n) is 7.12. The van der Waals surface area contributed by atoms with Crippen LogP contribution in [0.4, 0.5) is 0 Å². The molecule has 0 radical (unpaired) electrons. The van der Waals surface area contributed by atoms with Crippen LogP contribution in [0.15, 0.2) is 54.6 Å². The van der Waals surface area contributed by atoms with Crippen LogP contribution in [0.2, 0.25) is 0 Å². The molecule has 1 fully saturated rings. The van der Waals surface area contributed by atoms with Gasteiger partial charge in [0.15, 0.2) is 0 Å². The van der Waals surface area contributed by atoms with Crippen molar-refractivity contribution < 1.29 is 9.53 Å². The number of carbonyl (C=O) groups excluding carboxylic acids is 1. The number of nitrogens with two attached hydrogens (primary N) is 1. The summed E-state index contributed by atoms with van der Waals surface area (Å²) >= 11 is 0. The molecule has 2 atom stereocenters. The predicted octanol–water partition coefficient (Wildman–Crippen LogP) is 2.90. The van der Waals surface area contributed by atoms with Gasteiger partial charge in [0.25, 0.3) is 0 Å². The molecular weight excluding hydrogens is 409 g/mol. The van der Waals surface area contributed by atoms with Crippen molar-refractivity contribution in [2.75, 3.05) is 32.8 Å². The van der Waals surface area contributed by atoms with Crippen molar-refractivity contribution >= 4 is 30.7 Å². The van der Waals surface area contributed by atoms with Crippen LogP contribution in [0.1, 0.15) is 22.7 Å². The van der Waals surface area contributed by atoms with Crippen LogP contribution in [0.25, 0.3) is 0 Å². The lowest BCUT2D eigenvalue weighted by atomic mass is 10.0. The van der Waals surface area contributed by atoms with E-state index in [0.29, 0.717) is 13.0 Å². The minimum Gasteiger partial charge on any atom is -0.379 e. The number of nitrogens with zero attached hydrogens (tertiary/aromatic N) is 1. The second kappa shape index (κ2) is 12.8. The van der Waals surface area contributed by atoms with Crippen molar-refractivity contribution in [2.24, 2.45) is 5.73 Å². The molecule has 3 N–H and O–H groups in total. The highest BCUT2D eigenvalue weighted by Crippen LogP contribution is 2.22. The molecule has 3 rings (SSSR count). The maximum atomic E-state index is 12.5. The number of amides is 1. The molecule has 160 valence electrons.